The summed E-state index contributed by atoms with van der Waals surface area (Å²) in [6.45, 7) is 5.26. The molecule has 0 amide bonds. The maximum absolute atomic E-state index is 5.67. The first-order chi connectivity index (χ1) is 14.2. The van der Waals surface area contributed by atoms with Gasteiger partial charge in [-0.15, -0.1) is 0 Å². The Bertz CT molecular complexity index is 1010. The van der Waals surface area contributed by atoms with Gasteiger partial charge in [0.1, 0.15) is 5.82 Å². The predicted molar refractivity (Wildman–Crippen MR) is 111 cm³/mol. The van der Waals surface area contributed by atoms with E-state index in [1.807, 2.05) is 19.2 Å². The lowest BCUT2D eigenvalue weighted by Crippen LogP contribution is -2.34. The molecule has 0 bridgehead atoms. The maximum Gasteiger partial charge on any atom is 0.259 e. The van der Waals surface area contributed by atoms with Crippen LogP contribution in [0.3, 0.4) is 0 Å². The monoisotopic (exact) mass is 390 g/mol. The van der Waals surface area contributed by atoms with Crippen LogP contribution in [0.25, 0.3) is 22.8 Å². The van der Waals surface area contributed by atoms with Gasteiger partial charge in [-0.05, 0) is 55.4 Å². The lowest BCUT2D eigenvalue weighted by atomic mass is 9.94. The van der Waals surface area contributed by atoms with Crippen molar-refractivity contribution in [2.45, 2.75) is 45.6 Å². The number of hydrogen-bond donors (Lipinski definition) is 1. The molecule has 4 heterocycles. The van der Waals surface area contributed by atoms with Crippen LogP contribution in [-0.2, 0) is 13.0 Å². The van der Waals surface area contributed by atoms with Crippen molar-refractivity contribution in [2.75, 3.05) is 18.8 Å². The van der Waals surface area contributed by atoms with E-state index in [2.05, 4.69) is 25.0 Å². The summed E-state index contributed by atoms with van der Waals surface area (Å²) in [7, 11) is 0. The maximum atomic E-state index is 5.67. The number of aromatic nitrogens is 4. The second kappa shape index (κ2) is 7.55. The molecule has 7 heteroatoms. The summed E-state index contributed by atoms with van der Waals surface area (Å²) in [6, 6.07) is 3.57. The number of fused-ring (bicyclic) bond motifs is 1. The second-order valence-corrected chi connectivity index (χ2v) is 8.25. The summed E-state index contributed by atoms with van der Waals surface area (Å²) in [5, 5.41) is 4.26. The summed E-state index contributed by atoms with van der Waals surface area (Å²) in [5.74, 6) is 2.38. The number of nitrogen functional groups attached to an aromatic ring is 1. The fourth-order valence-electron chi connectivity index (χ4n) is 4.69. The van der Waals surface area contributed by atoms with Gasteiger partial charge in [-0.1, -0.05) is 18.0 Å². The van der Waals surface area contributed by atoms with E-state index in [4.69, 9.17) is 10.3 Å². The molecule has 0 saturated heterocycles. The van der Waals surface area contributed by atoms with E-state index < -0.39 is 0 Å². The van der Waals surface area contributed by atoms with Crippen molar-refractivity contribution in [1.29, 1.82) is 0 Å². The first kappa shape index (κ1) is 18.2. The van der Waals surface area contributed by atoms with Crippen LogP contribution < -0.4 is 5.73 Å². The summed E-state index contributed by atoms with van der Waals surface area (Å²) < 4.78 is 5.52. The zero-order valence-corrected chi connectivity index (χ0v) is 16.8. The minimum atomic E-state index is 0.447. The zero-order valence-electron chi connectivity index (χ0n) is 16.8. The van der Waals surface area contributed by atoms with Gasteiger partial charge in [-0.25, -0.2) is 4.98 Å². The molecule has 5 rings (SSSR count). The van der Waals surface area contributed by atoms with Crippen molar-refractivity contribution in [3.8, 4) is 22.8 Å². The third-order valence-corrected chi connectivity index (χ3v) is 6.21. The molecule has 1 fully saturated rings. The standard InChI is InChI=1S/C22H26N6O/c1-14-20(21-26-22(29-27-21)16-6-7-19(23)25-10-16)18-8-9-28(13-17(18)11-24-14)12-15-4-2-3-5-15/h6-7,10-11,15H,2-5,8-9,12-13H2,1H3,(H2,23,25). The Morgan fingerprint density at radius 1 is 1.17 bits per heavy atom. The van der Waals surface area contributed by atoms with Gasteiger partial charge in [0.05, 0.1) is 5.56 Å². The molecule has 0 atom stereocenters. The van der Waals surface area contributed by atoms with Crippen LogP contribution in [-0.4, -0.2) is 38.1 Å². The van der Waals surface area contributed by atoms with Crippen LogP contribution in [0, 0.1) is 12.8 Å². The molecule has 1 aliphatic heterocycles. The average Bonchev–Trinajstić information content (AvgIpc) is 3.41. The van der Waals surface area contributed by atoms with Gasteiger partial charge in [0.25, 0.3) is 5.89 Å². The highest BCUT2D eigenvalue weighted by molar-refractivity contribution is 5.67. The smallest absolute Gasteiger partial charge is 0.259 e. The van der Waals surface area contributed by atoms with E-state index in [1.165, 1.54) is 43.4 Å². The van der Waals surface area contributed by atoms with Crippen LogP contribution in [0.5, 0.6) is 0 Å². The second-order valence-electron chi connectivity index (χ2n) is 8.25. The van der Waals surface area contributed by atoms with Gasteiger partial charge in [-0.2, -0.15) is 4.98 Å². The molecule has 0 radical (unpaired) electrons. The van der Waals surface area contributed by atoms with E-state index in [0.29, 0.717) is 17.5 Å². The fraction of sp³-hybridized carbons (Fsp3) is 0.455. The van der Waals surface area contributed by atoms with Crippen LogP contribution in [0.2, 0.25) is 0 Å². The SMILES string of the molecule is Cc1ncc2c(c1-c1noc(-c3ccc(N)nc3)n1)CCN(CC1CCCC1)C2. The molecule has 0 unspecified atom stereocenters. The van der Waals surface area contributed by atoms with Crippen molar-refractivity contribution in [3.05, 3.63) is 41.3 Å². The normalized spacial score (nSPS) is 17.6. The first-order valence-corrected chi connectivity index (χ1v) is 10.4. The molecule has 3 aromatic heterocycles. The Hall–Kier alpha value is -2.80. The van der Waals surface area contributed by atoms with Crippen molar-refractivity contribution >= 4 is 5.82 Å². The van der Waals surface area contributed by atoms with Crippen LogP contribution in [0.4, 0.5) is 5.82 Å². The number of nitrogens with zero attached hydrogens (tertiary/aromatic N) is 5. The fourth-order valence-corrected chi connectivity index (χ4v) is 4.69. The molecule has 1 aliphatic carbocycles. The third-order valence-electron chi connectivity index (χ3n) is 6.21. The van der Waals surface area contributed by atoms with E-state index in [1.54, 1.807) is 12.3 Å². The molecule has 29 heavy (non-hydrogen) atoms. The molecule has 7 nitrogen and oxygen atoms in total. The Labute approximate surface area is 170 Å². The number of nitrogens with two attached hydrogens (primary N) is 1. The van der Waals surface area contributed by atoms with Gasteiger partial charge in [0, 0.05) is 43.3 Å². The van der Waals surface area contributed by atoms with Gasteiger partial charge < -0.3 is 10.3 Å². The Morgan fingerprint density at radius 3 is 2.83 bits per heavy atom. The molecule has 2 aliphatic rings. The summed E-state index contributed by atoms with van der Waals surface area (Å²) in [4.78, 5) is 16.0. The van der Waals surface area contributed by atoms with E-state index in [9.17, 15) is 0 Å². The largest absolute Gasteiger partial charge is 0.384 e. The van der Waals surface area contributed by atoms with Crippen LogP contribution in [0.15, 0.2) is 29.0 Å². The van der Waals surface area contributed by atoms with Gasteiger partial charge in [0.2, 0.25) is 5.82 Å². The molecule has 1 saturated carbocycles. The number of anilines is 1. The molecule has 0 aromatic carbocycles. The Morgan fingerprint density at radius 2 is 2.03 bits per heavy atom. The summed E-state index contributed by atoms with van der Waals surface area (Å²) >= 11 is 0. The molecule has 0 spiro atoms. The number of hydrogen-bond acceptors (Lipinski definition) is 7. The molecular formula is C22H26N6O. The quantitative estimate of drug-likeness (QED) is 0.727. The molecular weight excluding hydrogens is 364 g/mol. The third kappa shape index (κ3) is 3.62. The van der Waals surface area contributed by atoms with Crippen LogP contribution >= 0.6 is 0 Å². The molecule has 3 aromatic rings. The molecule has 2 N–H and O–H groups in total. The van der Waals surface area contributed by atoms with Crippen molar-refractivity contribution in [3.63, 3.8) is 0 Å². The highest BCUT2D eigenvalue weighted by atomic mass is 16.5. The Kier molecular flexibility index (Phi) is 4.75. The lowest BCUT2D eigenvalue weighted by Gasteiger charge is -2.31. The average molecular weight is 390 g/mol. The van der Waals surface area contributed by atoms with Crippen LogP contribution in [0.1, 0.15) is 42.5 Å². The highest BCUT2D eigenvalue weighted by Crippen LogP contribution is 2.33. The van der Waals surface area contributed by atoms with Crippen molar-refractivity contribution in [1.82, 2.24) is 25.0 Å². The van der Waals surface area contributed by atoms with Crippen molar-refractivity contribution < 1.29 is 4.52 Å². The summed E-state index contributed by atoms with van der Waals surface area (Å²) in [6.07, 6.45) is 10.2. The topological polar surface area (TPSA) is 94.0 Å². The highest BCUT2D eigenvalue weighted by Gasteiger charge is 2.26. The van der Waals surface area contributed by atoms with E-state index in [-0.39, 0.29) is 0 Å². The minimum Gasteiger partial charge on any atom is -0.384 e. The lowest BCUT2D eigenvalue weighted by molar-refractivity contribution is 0.214. The first-order valence-electron chi connectivity index (χ1n) is 10.4. The zero-order chi connectivity index (χ0) is 19.8. The van der Waals surface area contributed by atoms with Gasteiger partial charge >= 0.3 is 0 Å². The predicted octanol–water partition coefficient (Wildman–Crippen LogP) is 3.63. The van der Waals surface area contributed by atoms with Gasteiger partial charge in [-0.3, -0.25) is 9.88 Å². The number of pyridine rings is 2. The summed E-state index contributed by atoms with van der Waals surface area (Å²) in [5.41, 5.74) is 11.0. The minimum absolute atomic E-state index is 0.447. The number of rotatable bonds is 4. The van der Waals surface area contributed by atoms with Gasteiger partial charge in [0.15, 0.2) is 0 Å². The van der Waals surface area contributed by atoms with E-state index in [0.717, 1.165) is 42.2 Å². The van der Waals surface area contributed by atoms with E-state index >= 15 is 0 Å². The number of aryl methyl sites for hydroxylation is 1. The molecule has 150 valence electrons. The van der Waals surface area contributed by atoms with Crippen molar-refractivity contribution in [2.24, 2.45) is 5.92 Å². The Balaban J connectivity index is 1.42.